The molecule has 2 aromatic rings. The first-order chi connectivity index (χ1) is 19.8. The summed E-state index contributed by atoms with van der Waals surface area (Å²) in [5, 5.41) is 41.3. The fourth-order valence-electron chi connectivity index (χ4n) is 3.37. The van der Waals surface area contributed by atoms with Gasteiger partial charge in [-0.3, -0.25) is 0 Å². The van der Waals surface area contributed by atoms with Crippen molar-refractivity contribution in [2.45, 2.75) is 13.1 Å². The van der Waals surface area contributed by atoms with E-state index in [1.165, 1.54) is 18.2 Å². The summed E-state index contributed by atoms with van der Waals surface area (Å²) in [4.78, 5) is 4.47. The minimum atomic E-state index is -4.62. The zero-order valence-electron chi connectivity index (χ0n) is 22.7. The molecule has 226 valence electrons. The van der Waals surface area contributed by atoms with Crippen molar-refractivity contribution in [2.75, 3.05) is 89.8 Å². The highest BCUT2D eigenvalue weighted by Gasteiger charge is 2.33. The summed E-state index contributed by atoms with van der Waals surface area (Å²) in [5.74, 6) is 0.427. The molecule has 0 aliphatic rings. The lowest BCUT2D eigenvalue weighted by Gasteiger charge is -2.16. The molecule has 15 heteroatoms. The van der Waals surface area contributed by atoms with Crippen LogP contribution in [0.4, 0.5) is 36.2 Å². The van der Waals surface area contributed by atoms with E-state index < -0.39 is 11.7 Å². The highest BCUT2D eigenvalue weighted by molar-refractivity contribution is 5.74. The number of benzene rings is 1. The van der Waals surface area contributed by atoms with E-state index in [1.807, 2.05) is 0 Å². The summed E-state index contributed by atoms with van der Waals surface area (Å²) in [6.07, 6.45) is -4.62. The molecule has 0 fully saturated rings. The molecule has 0 spiro atoms. The first-order valence-corrected chi connectivity index (χ1v) is 12.9. The number of rotatable bonds is 20. The van der Waals surface area contributed by atoms with Gasteiger partial charge in [-0.05, 0) is 19.1 Å². The van der Waals surface area contributed by atoms with Crippen LogP contribution in [0, 0.1) is 18.3 Å². The lowest BCUT2D eigenvalue weighted by Crippen LogP contribution is -2.17. The Kier molecular flexibility index (Phi) is 15.6. The van der Waals surface area contributed by atoms with Crippen molar-refractivity contribution in [3.63, 3.8) is 0 Å². The average Bonchev–Trinajstić information content (AvgIpc) is 2.95. The van der Waals surface area contributed by atoms with Crippen LogP contribution in [0.15, 0.2) is 34.5 Å². The fourth-order valence-corrected chi connectivity index (χ4v) is 3.37. The average molecular weight is 585 g/mol. The van der Waals surface area contributed by atoms with Gasteiger partial charge in [0, 0.05) is 18.7 Å². The zero-order valence-corrected chi connectivity index (χ0v) is 22.7. The number of pyridine rings is 1. The predicted molar refractivity (Wildman–Crippen MR) is 144 cm³/mol. The van der Waals surface area contributed by atoms with Gasteiger partial charge in [0.2, 0.25) is 0 Å². The van der Waals surface area contributed by atoms with E-state index in [4.69, 9.17) is 29.2 Å². The number of hydrogen-bond donors (Lipinski definition) is 4. The molecular weight excluding hydrogens is 549 g/mol. The minimum Gasteiger partial charge on any atom is -0.394 e. The third kappa shape index (κ3) is 11.9. The number of nitrogens with zero attached hydrogens (tertiary/aromatic N) is 4. The summed E-state index contributed by atoms with van der Waals surface area (Å²) >= 11 is 0. The highest BCUT2D eigenvalue weighted by Crippen LogP contribution is 2.39. The molecule has 1 aromatic heterocycles. The molecule has 12 nitrogen and oxygen atoms in total. The molecule has 0 atom stereocenters. The number of anilines is 2. The maximum absolute atomic E-state index is 13.5. The van der Waals surface area contributed by atoms with Crippen LogP contribution in [0.1, 0.15) is 16.7 Å². The summed E-state index contributed by atoms with van der Waals surface area (Å²) < 4.78 is 61.5. The number of azo groups is 1. The first kappa shape index (κ1) is 33.8. The molecule has 0 amide bonds. The van der Waals surface area contributed by atoms with E-state index in [-0.39, 0.29) is 74.8 Å². The minimum absolute atomic E-state index is 0.0740. The molecule has 0 saturated carbocycles. The van der Waals surface area contributed by atoms with E-state index in [0.29, 0.717) is 38.5 Å². The number of aliphatic hydroxyl groups excluding tert-OH is 2. The Morgan fingerprint density at radius 1 is 0.829 bits per heavy atom. The summed E-state index contributed by atoms with van der Waals surface area (Å²) in [6, 6.07) is 6.86. The van der Waals surface area contributed by atoms with Crippen molar-refractivity contribution in [2.24, 2.45) is 10.2 Å². The van der Waals surface area contributed by atoms with Gasteiger partial charge in [0.1, 0.15) is 17.6 Å². The number of alkyl halides is 3. The standard InChI is InChI=1S/C26H35F3N6O6/c1-19-20(18-30)24(31-6-10-38-14-16-40-12-8-36)33-25(32-7-11-39-15-17-41-13-9-37)23(19)35-34-22-5-3-2-4-21(22)26(27,28)29/h2-5,36-37H,6-17H2,1H3,(H2,31,32,33). The van der Waals surface area contributed by atoms with Crippen molar-refractivity contribution >= 4 is 23.0 Å². The van der Waals surface area contributed by atoms with Crippen molar-refractivity contribution in [1.29, 1.82) is 5.26 Å². The molecule has 4 N–H and O–H groups in total. The number of aromatic nitrogens is 1. The van der Waals surface area contributed by atoms with Gasteiger partial charge in [0.25, 0.3) is 0 Å². The number of hydrogen-bond acceptors (Lipinski definition) is 12. The van der Waals surface area contributed by atoms with Crippen molar-refractivity contribution in [3.8, 4) is 6.07 Å². The number of nitrogens with one attached hydrogen (secondary N) is 2. The van der Waals surface area contributed by atoms with Crippen LogP contribution in [-0.4, -0.2) is 94.4 Å². The molecular formula is C26H35F3N6O6. The van der Waals surface area contributed by atoms with Gasteiger partial charge in [-0.2, -0.15) is 18.4 Å². The summed E-state index contributed by atoms with van der Waals surface area (Å²) in [5.41, 5.74) is -0.708. The molecule has 0 saturated heterocycles. The van der Waals surface area contributed by atoms with Crippen LogP contribution in [0.25, 0.3) is 0 Å². The molecule has 0 aliphatic heterocycles. The largest absolute Gasteiger partial charge is 0.418 e. The molecule has 1 aromatic carbocycles. The van der Waals surface area contributed by atoms with Crippen LogP contribution >= 0.6 is 0 Å². The second kappa shape index (κ2) is 18.9. The Balaban J connectivity index is 2.22. The predicted octanol–water partition coefficient (Wildman–Crippen LogP) is 3.57. The first-order valence-electron chi connectivity index (χ1n) is 12.9. The van der Waals surface area contributed by atoms with E-state index in [2.05, 4.69) is 31.9 Å². The Labute approximate surface area is 236 Å². The normalized spacial score (nSPS) is 11.6. The van der Waals surface area contributed by atoms with Gasteiger partial charge in [-0.15, -0.1) is 10.2 Å². The number of ether oxygens (including phenoxy) is 4. The maximum atomic E-state index is 13.5. The molecule has 0 unspecified atom stereocenters. The van der Waals surface area contributed by atoms with E-state index >= 15 is 0 Å². The van der Waals surface area contributed by atoms with Crippen LogP contribution in [0.2, 0.25) is 0 Å². The van der Waals surface area contributed by atoms with E-state index in [9.17, 15) is 18.4 Å². The fraction of sp³-hybridized carbons (Fsp3) is 0.538. The van der Waals surface area contributed by atoms with E-state index in [0.717, 1.165) is 6.07 Å². The van der Waals surface area contributed by atoms with Crippen LogP contribution < -0.4 is 10.6 Å². The lowest BCUT2D eigenvalue weighted by molar-refractivity contribution is -0.137. The summed E-state index contributed by atoms with van der Waals surface area (Å²) in [6.45, 7) is 4.19. The van der Waals surface area contributed by atoms with Crippen LogP contribution in [0.3, 0.4) is 0 Å². The van der Waals surface area contributed by atoms with Crippen molar-refractivity contribution in [1.82, 2.24) is 4.98 Å². The summed E-state index contributed by atoms with van der Waals surface area (Å²) in [7, 11) is 0. The number of aliphatic hydroxyl groups is 2. The van der Waals surface area contributed by atoms with Gasteiger partial charge < -0.3 is 39.8 Å². The number of halogens is 3. The molecule has 0 radical (unpaired) electrons. The number of nitriles is 1. The van der Waals surface area contributed by atoms with Crippen LogP contribution in [0.5, 0.6) is 0 Å². The smallest absolute Gasteiger partial charge is 0.394 e. The van der Waals surface area contributed by atoms with Crippen molar-refractivity contribution < 1.29 is 42.3 Å². The molecule has 0 bridgehead atoms. The van der Waals surface area contributed by atoms with Crippen LogP contribution in [-0.2, 0) is 25.1 Å². The van der Waals surface area contributed by atoms with Gasteiger partial charge in [-0.25, -0.2) is 4.98 Å². The second-order valence-electron chi connectivity index (χ2n) is 8.23. The molecule has 41 heavy (non-hydrogen) atoms. The Hall–Kier alpha value is -3.39. The third-order valence-electron chi connectivity index (χ3n) is 5.29. The Bertz CT molecular complexity index is 1130. The topological polar surface area (TPSA) is 163 Å². The van der Waals surface area contributed by atoms with Gasteiger partial charge in [0.15, 0.2) is 5.82 Å². The molecule has 2 rings (SSSR count). The second-order valence-corrected chi connectivity index (χ2v) is 8.23. The SMILES string of the molecule is Cc1c(C#N)c(NCCOCCOCCO)nc(NCCOCCOCCO)c1N=Nc1ccccc1C(F)(F)F. The highest BCUT2D eigenvalue weighted by atomic mass is 19.4. The molecule has 1 heterocycles. The molecule has 0 aliphatic carbocycles. The van der Waals surface area contributed by atoms with Gasteiger partial charge in [-0.1, -0.05) is 12.1 Å². The monoisotopic (exact) mass is 584 g/mol. The van der Waals surface area contributed by atoms with Gasteiger partial charge >= 0.3 is 6.18 Å². The quantitative estimate of drug-likeness (QED) is 0.134. The zero-order chi connectivity index (χ0) is 29.9. The van der Waals surface area contributed by atoms with E-state index in [1.54, 1.807) is 6.92 Å². The van der Waals surface area contributed by atoms with Crippen molar-refractivity contribution in [3.05, 3.63) is 41.0 Å². The Morgan fingerprint density at radius 2 is 1.37 bits per heavy atom. The maximum Gasteiger partial charge on any atom is 0.418 e. The lowest BCUT2D eigenvalue weighted by atomic mass is 10.1. The van der Waals surface area contributed by atoms with Gasteiger partial charge in [0.05, 0.1) is 82.9 Å². The third-order valence-corrected chi connectivity index (χ3v) is 5.29. The Morgan fingerprint density at radius 3 is 1.90 bits per heavy atom.